The van der Waals surface area contributed by atoms with Crippen LogP contribution >= 0.6 is 0 Å². The van der Waals surface area contributed by atoms with Crippen molar-refractivity contribution in [2.24, 2.45) is 5.92 Å². The minimum absolute atomic E-state index is 0.136. The van der Waals surface area contributed by atoms with Crippen molar-refractivity contribution in [3.8, 4) is 0 Å². The number of carbonyl (C=O) groups is 5. The number of benzene rings is 1. The summed E-state index contributed by atoms with van der Waals surface area (Å²) in [6.45, 7) is 8.37. The second-order valence-electron chi connectivity index (χ2n) is 10.1. The van der Waals surface area contributed by atoms with Crippen LogP contribution in [0.15, 0.2) is 33.5 Å². The average molecular weight is 558 g/mol. The fourth-order valence-corrected chi connectivity index (χ4v) is 4.12. The zero-order chi connectivity index (χ0) is 29.8. The Morgan fingerprint density at radius 1 is 0.875 bits per heavy atom. The molecule has 40 heavy (non-hydrogen) atoms. The van der Waals surface area contributed by atoms with Crippen molar-refractivity contribution in [3.05, 3.63) is 40.2 Å². The van der Waals surface area contributed by atoms with Crippen LogP contribution in [-0.2, 0) is 24.0 Å². The Morgan fingerprint density at radius 2 is 1.60 bits per heavy atom. The van der Waals surface area contributed by atoms with Gasteiger partial charge in [0.15, 0.2) is 0 Å². The molecule has 2 unspecified atom stereocenters. The molecule has 0 aliphatic carbocycles. The van der Waals surface area contributed by atoms with E-state index in [0.29, 0.717) is 48.0 Å². The van der Waals surface area contributed by atoms with Crippen molar-refractivity contribution in [3.63, 3.8) is 0 Å². The first kappa shape index (κ1) is 32.0. The first-order chi connectivity index (χ1) is 18.8. The molecule has 0 saturated heterocycles. The van der Waals surface area contributed by atoms with Gasteiger partial charge in [-0.3, -0.25) is 24.0 Å². The maximum absolute atomic E-state index is 13.2. The molecule has 0 aliphatic heterocycles. The molecule has 1 aromatic carbocycles. The average Bonchev–Trinajstić information content (AvgIpc) is 2.85. The number of anilines is 1. The lowest BCUT2D eigenvalue weighted by Gasteiger charge is -2.21. The molecule has 5 N–H and O–H groups in total. The van der Waals surface area contributed by atoms with Gasteiger partial charge in [-0.25, -0.2) is 4.79 Å². The molecule has 1 heterocycles. The van der Waals surface area contributed by atoms with Gasteiger partial charge < -0.3 is 31.0 Å². The van der Waals surface area contributed by atoms with Crippen molar-refractivity contribution < 1.29 is 28.4 Å². The van der Waals surface area contributed by atoms with E-state index in [0.717, 1.165) is 0 Å². The highest BCUT2D eigenvalue weighted by molar-refractivity contribution is 5.99. The van der Waals surface area contributed by atoms with Gasteiger partial charge in [0.1, 0.15) is 17.7 Å². The maximum Gasteiger partial charge on any atom is 0.336 e. The van der Waals surface area contributed by atoms with Gasteiger partial charge in [-0.1, -0.05) is 13.8 Å². The van der Waals surface area contributed by atoms with E-state index in [1.54, 1.807) is 25.1 Å². The lowest BCUT2D eigenvalue weighted by Crippen LogP contribution is -2.51. The predicted molar refractivity (Wildman–Crippen MR) is 150 cm³/mol. The summed E-state index contributed by atoms with van der Waals surface area (Å²) in [5.41, 5.74) is 1.06. The molecule has 0 spiro atoms. The Labute approximate surface area is 233 Å². The molecule has 12 nitrogen and oxygen atoms in total. The van der Waals surface area contributed by atoms with Crippen LogP contribution in [0.2, 0.25) is 0 Å². The highest BCUT2D eigenvalue weighted by Crippen LogP contribution is 2.21. The van der Waals surface area contributed by atoms with Gasteiger partial charge in [0, 0.05) is 37.5 Å². The molecule has 2 rings (SSSR count). The standard InChI is InChI=1S/C28H39N5O7/c1-16(2)12-23(31-19(5)35)27(38)30-15-25(36)33-22(8-6-7-11-29-18(4)34)28(39)32-20-9-10-24-21(14-20)17(3)13-26(37)40-24/h9-10,13-14,16,22-23H,6-8,11-12,15H2,1-5H3,(H,29,34)(H,30,38)(H,31,35)(H,32,39)(H,33,36). The van der Waals surface area contributed by atoms with Crippen LogP contribution in [0.5, 0.6) is 0 Å². The van der Waals surface area contributed by atoms with Gasteiger partial charge in [-0.2, -0.15) is 0 Å². The van der Waals surface area contributed by atoms with Gasteiger partial charge in [-0.05, 0) is 62.3 Å². The number of hydrogen-bond acceptors (Lipinski definition) is 7. The molecular weight excluding hydrogens is 518 g/mol. The summed E-state index contributed by atoms with van der Waals surface area (Å²) >= 11 is 0. The largest absolute Gasteiger partial charge is 0.423 e. The van der Waals surface area contributed by atoms with Crippen molar-refractivity contribution in [1.82, 2.24) is 21.3 Å². The lowest BCUT2D eigenvalue weighted by molar-refractivity contribution is -0.130. The van der Waals surface area contributed by atoms with Crippen molar-refractivity contribution in [2.75, 3.05) is 18.4 Å². The van der Waals surface area contributed by atoms with E-state index in [4.69, 9.17) is 4.42 Å². The summed E-state index contributed by atoms with van der Waals surface area (Å²) in [5.74, 6) is -1.91. The van der Waals surface area contributed by atoms with Crippen LogP contribution in [0.1, 0.15) is 58.9 Å². The summed E-state index contributed by atoms with van der Waals surface area (Å²) in [7, 11) is 0. The molecule has 0 fully saturated rings. The number of rotatable bonds is 14. The fourth-order valence-electron chi connectivity index (χ4n) is 4.12. The van der Waals surface area contributed by atoms with Gasteiger partial charge in [0.05, 0.1) is 6.54 Å². The molecule has 0 aliphatic rings. The van der Waals surface area contributed by atoms with Gasteiger partial charge in [0.25, 0.3) is 0 Å². The van der Waals surface area contributed by atoms with Crippen LogP contribution in [-0.4, -0.2) is 54.7 Å². The van der Waals surface area contributed by atoms with E-state index in [9.17, 15) is 28.8 Å². The quantitative estimate of drug-likeness (QED) is 0.173. The molecule has 0 saturated carbocycles. The van der Waals surface area contributed by atoms with E-state index >= 15 is 0 Å². The number of amides is 5. The summed E-state index contributed by atoms with van der Waals surface area (Å²) in [4.78, 5) is 72.7. The smallest absolute Gasteiger partial charge is 0.336 e. The van der Waals surface area contributed by atoms with Gasteiger partial charge in [-0.15, -0.1) is 0 Å². The third-order valence-corrected chi connectivity index (χ3v) is 5.99. The number of nitrogens with one attached hydrogen (secondary N) is 5. The number of unbranched alkanes of at least 4 members (excludes halogenated alkanes) is 1. The molecule has 2 atom stereocenters. The zero-order valence-electron chi connectivity index (χ0n) is 23.6. The van der Waals surface area contributed by atoms with Crippen LogP contribution < -0.4 is 32.2 Å². The Kier molecular flexibility index (Phi) is 12.3. The lowest BCUT2D eigenvalue weighted by atomic mass is 10.0. The first-order valence-electron chi connectivity index (χ1n) is 13.3. The van der Waals surface area contributed by atoms with E-state index in [1.807, 2.05) is 13.8 Å². The molecule has 2 aromatic rings. The summed E-state index contributed by atoms with van der Waals surface area (Å²) in [5, 5.41) is 13.9. The molecule has 0 radical (unpaired) electrons. The summed E-state index contributed by atoms with van der Waals surface area (Å²) in [6, 6.07) is 4.51. The Bertz CT molecular complexity index is 1290. The number of hydrogen-bond donors (Lipinski definition) is 5. The minimum Gasteiger partial charge on any atom is -0.423 e. The van der Waals surface area contributed by atoms with Crippen LogP contribution in [0.3, 0.4) is 0 Å². The highest BCUT2D eigenvalue weighted by Gasteiger charge is 2.24. The van der Waals surface area contributed by atoms with Crippen LogP contribution in [0.4, 0.5) is 5.69 Å². The van der Waals surface area contributed by atoms with E-state index in [1.165, 1.54) is 19.9 Å². The van der Waals surface area contributed by atoms with Crippen molar-refractivity contribution in [1.29, 1.82) is 0 Å². The third-order valence-electron chi connectivity index (χ3n) is 5.99. The highest BCUT2D eigenvalue weighted by atomic mass is 16.4. The number of fused-ring (bicyclic) bond motifs is 1. The molecule has 1 aromatic heterocycles. The van der Waals surface area contributed by atoms with Crippen LogP contribution in [0.25, 0.3) is 11.0 Å². The van der Waals surface area contributed by atoms with E-state index < -0.39 is 35.4 Å². The van der Waals surface area contributed by atoms with Crippen LogP contribution in [0, 0.1) is 12.8 Å². The molecule has 218 valence electrons. The Morgan fingerprint density at radius 3 is 2.25 bits per heavy atom. The topological polar surface area (TPSA) is 176 Å². The SMILES string of the molecule is CC(=O)NCCCCC(NC(=O)CNC(=O)C(CC(C)C)NC(C)=O)C(=O)Nc1ccc2oc(=O)cc(C)c2c1. The molecule has 5 amide bonds. The minimum atomic E-state index is -0.922. The van der Waals surface area contributed by atoms with E-state index in [-0.39, 0.29) is 30.7 Å². The molecular formula is C28H39N5O7. The van der Waals surface area contributed by atoms with Crippen molar-refractivity contribution in [2.45, 2.75) is 72.4 Å². The first-order valence-corrected chi connectivity index (χ1v) is 13.3. The van der Waals surface area contributed by atoms with Crippen molar-refractivity contribution >= 4 is 46.2 Å². The monoisotopic (exact) mass is 557 g/mol. The summed E-state index contributed by atoms with van der Waals surface area (Å²) in [6.07, 6.45) is 1.82. The van der Waals surface area contributed by atoms with E-state index in [2.05, 4.69) is 26.6 Å². The fraction of sp³-hybridized carbons (Fsp3) is 0.500. The Hall–Kier alpha value is -4.22. The second kappa shape index (κ2) is 15.4. The maximum atomic E-state index is 13.2. The number of aryl methyl sites for hydroxylation is 1. The molecule has 12 heteroatoms. The van der Waals surface area contributed by atoms with Gasteiger partial charge in [0.2, 0.25) is 29.5 Å². The van der Waals surface area contributed by atoms with Gasteiger partial charge >= 0.3 is 5.63 Å². The Balaban J connectivity index is 2.08. The third kappa shape index (κ3) is 10.9. The second-order valence-corrected chi connectivity index (χ2v) is 10.1. The summed E-state index contributed by atoms with van der Waals surface area (Å²) < 4.78 is 5.19. The predicted octanol–water partition coefficient (Wildman–Crippen LogP) is 1.50. The normalized spacial score (nSPS) is 12.3. The number of carbonyl (C=O) groups excluding carboxylic acids is 5. The molecule has 0 bridgehead atoms. The zero-order valence-corrected chi connectivity index (χ0v) is 23.6.